The minimum Gasteiger partial charge on any atom is -0.387 e. The first-order valence-electron chi connectivity index (χ1n) is 6.87. The van der Waals surface area contributed by atoms with Crippen LogP contribution in [0, 0.1) is 6.92 Å². The molecule has 4 nitrogen and oxygen atoms in total. The van der Waals surface area contributed by atoms with Gasteiger partial charge >= 0.3 is 0 Å². The Kier molecular flexibility index (Phi) is 2.87. The Balaban J connectivity index is 1.98. The van der Waals surface area contributed by atoms with Crippen molar-refractivity contribution < 1.29 is 5.11 Å². The molecule has 3 rings (SSSR count). The van der Waals surface area contributed by atoms with Crippen molar-refractivity contribution in [2.45, 2.75) is 51.3 Å². The van der Waals surface area contributed by atoms with Crippen LogP contribution >= 0.6 is 0 Å². The van der Waals surface area contributed by atoms with E-state index in [1.165, 1.54) is 0 Å². The molecule has 1 saturated heterocycles. The van der Waals surface area contributed by atoms with Crippen molar-refractivity contribution >= 4 is 10.9 Å². The largest absolute Gasteiger partial charge is 0.387 e. The molecule has 1 aromatic carbocycles. The lowest BCUT2D eigenvalue weighted by molar-refractivity contribution is 0.133. The van der Waals surface area contributed by atoms with Gasteiger partial charge < -0.3 is 10.4 Å². The first kappa shape index (κ1) is 12.6. The molecule has 0 unspecified atom stereocenters. The van der Waals surface area contributed by atoms with Crippen molar-refractivity contribution in [2.24, 2.45) is 0 Å². The summed E-state index contributed by atoms with van der Waals surface area (Å²) in [5.41, 5.74) is 3.03. The molecule has 3 N–H and O–H groups in total. The molecular weight excluding hydrogens is 238 g/mol. The zero-order valence-electron chi connectivity index (χ0n) is 11.7. The van der Waals surface area contributed by atoms with Gasteiger partial charge in [0.2, 0.25) is 0 Å². The van der Waals surface area contributed by atoms with Gasteiger partial charge in [-0.15, -0.1) is 0 Å². The fraction of sp³-hybridized carbons (Fsp3) is 0.533. The number of aromatic nitrogens is 2. The van der Waals surface area contributed by atoms with E-state index in [1.54, 1.807) is 0 Å². The van der Waals surface area contributed by atoms with Crippen LogP contribution in [0.15, 0.2) is 18.2 Å². The van der Waals surface area contributed by atoms with Crippen LogP contribution in [0.5, 0.6) is 0 Å². The lowest BCUT2D eigenvalue weighted by Gasteiger charge is -2.24. The number of hydrogen-bond acceptors (Lipinski definition) is 3. The molecular formula is C15H21N3O. The number of H-pyrrole nitrogens is 1. The highest BCUT2D eigenvalue weighted by Gasteiger charge is 2.35. The summed E-state index contributed by atoms with van der Waals surface area (Å²) in [5, 5.41) is 22.5. The summed E-state index contributed by atoms with van der Waals surface area (Å²) >= 11 is 0. The molecule has 2 atom stereocenters. The molecule has 102 valence electrons. The molecule has 0 radical (unpaired) electrons. The van der Waals surface area contributed by atoms with Gasteiger partial charge in [0.05, 0.1) is 11.6 Å². The second-order valence-electron chi connectivity index (χ2n) is 6.21. The third-order valence-electron chi connectivity index (χ3n) is 4.15. The topological polar surface area (TPSA) is 60.9 Å². The molecule has 1 fully saturated rings. The maximum atomic E-state index is 10.7. The molecule has 0 bridgehead atoms. The third-order valence-corrected chi connectivity index (χ3v) is 4.15. The monoisotopic (exact) mass is 259 g/mol. The molecule has 1 aliphatic rings. The van der Waals surface area contributed by atoms with E-state index in [2.05, 4.69) is 29.4 Å². The number of fused-ring (bicyclic) bond motifs is 1. The van der Waals surface area contributed by atoms with Crippen LogP contribution in [0.2, 0.25) is 0 Å². The van der Waals surface area contributed by atoms with Gasteiger partial charge in [0, 0.05) is 22.7 Å². The van der Waals surface area contributed by atoms with E-state index in [4.69, 9.17) is 0 Å². The summed E-state index contributed by atoms with van der Waals surface area (Å²) in [7, 11) is 0. The molecule has 4 heteroatoms. The summed E-state index contributed by atoms with van der Waals surface area (Å²) in [5.74, 6) is 0. The fourth-order valence-corrected chi connectivity index (χ4v) is 3.12. The normalized spacial score (nSPS) is 23.9. The summed E-state index contributed by atoms with van der Waals surface area (Å²) in [6.07, 6.45) is 1.61. The minimum absolute atomic E-state index is 0.116. The van der Waals surface area contributed by atoms with E-state index in [9.17, 15) is 5.11 Å². The minimum atomic E-state index is -0.484. The van der Waals surface area contributed by atoms with Crippen molar-refractivity contribution in [3.8, 4) is 0 Å². The van der Waals surface area contributed by atoms with Gasteiger partial charge in [0.25, 0.3) is 0 Å². The number of benzene rings is 1. The molecule has 0 spiro atoms. The van der Waals surface area contributed by atoms with E-state index in [1.807, 2.05) is 25.1 Å². The number of aryl methyl sites for hydroxylation is 1. The highest BCUT2D eigenvalue weighted by molar-refractivity contribution is 5.85. The second kappa shape index (κ2) is 4.32. The molecule has 1 aliphatic heterocycles. The molecule has 0 saturated carbocycles. The van der Waals surface area contributed by atoms with Crippen molar-refractivity contribution in [3.05, 3.63) is 29.5 Å². The Morgan fingerprint density at radius 2 is 2.21 bits per heavy atom. The molecule has 2 heterocycles. The SMILES string of the molecule is Cc1[nH]nc2cccc([C@@H](O)[C@@H]3CCC(C)(C)N3)c12. The predicted octanol–water partition coefficient (Wildman–Crippen LogP) is 2.44. The second-order valence-corrected chi connectivity index (χ2v) is 6.21. The first-order valence-corrected chi connectivity index (χ1v) is 6.87. The number of nitrogens with one attached hydrogen (secondary N) is 2. The average molecular weight is 259 g/mol. The molecule has 0 amide bonds. The third kappa shape index (κ3) is 2.15. The Labute approximate surface area is 113 Å². The van der Waals surface area contributed by atoms with Gasteiger partial charge in [0.1, 0.15) is 0 Å². The summed E-state index contributed by atoms with van der Waals surface area (Å²) in [4.78, 5) is 0. The number of nitrogens with zero attached hydrogens (tertiary/aromatic N) is 1. The molecule has 2 aromatic rings. The van der Waals surface area contributed by atoms with Gasteiger partial charge in [-0.25, -0.2) is 0 Å². The standard InChI is InChI=1S/C15H21N3O/c1-9-13-10(5-4-6-11(13)18-17-9)14(19)12-7-8-15(2,3)16-12/h4-6,12,14,16,19H,7-8H2,1-3H3,(H,17,18)/t12-,14+/m0/s1. The van der Waals surface area contributed by atoms with Crippen molar-refractivity contribution in [1.29, 1.82) is 0 Å². The van der Waals surface area contributed by atoms with E-state index in [0.29, 0.717) is 0 Å². The van der Waals surface area contributed by atoms with Gasteiger partial charge in [-0.2, -0.15) is 5.10 Å². The fourth-order valence-electron chi connectivity index (χ4n) is 3.12. The van der Waals surface area contributed by atoms with Gasteiger partial charge in [-0.1, -0.05) is 12.1 Å². The summed E-state index contributed by atoms with van der Waals surface area (Å²) in [6.45, 7) is 6.37. The quantitative estimate of drug-likeness (QED) is 0.776. The summed E-state index contributed by atoms with van der Waals surface area (Å²) in [6, 6.07) is 6.06. The van der Waals surface area contributed by atoms with Crippen LogP contribution in [-0.2, 0) is 0 Å². The molecule has 19 heavy (non-hydrogen) atoms. The van der Waals surface area contributed by atoms with Crippen LogP contribution in [0.25, 0.3) is 10.9 Å². The lowest BCUT2D eigenvalue weighted by Crippen LogP contribution is -2.40. The van der Waals surface area contributed by atoms with E-state index < -0.39 is 6.10 Å². The van der Waals surface area contributed by atoms with Gasteiger partial charge in [-0.05, 0) is 45.2 Å². The highest BCUT2D eigenvalue weighted by Crippen LogP contribution is 2.33. The van der Waals surface area contributed by atoms with Crippen molar-refractivity contribution in [1.82, 2.24) is 15.5 Å². The van der Waals surface area contributed by atoms with Gasteiger partial charge in [-0.3, -0.25) is 5.10 Å². The number of aromatic amines is 1. The maximum absolute atomic E-state index is 10.7. The molecule has 1 aromatic heterocycles. The van der Waals surface area contributed by atoms with Crippen LogP contribution < -0.4 is 5.32 Å². The van der Waals surface area contributed by atoms with Crippen LogP contribution in [0.1, 0.15) is 44.1 Å². The number of aliphatic hydroxyl groups excluding tert-OH is 1. The smallest absolute Gasteiger partial charge is 0.0950 e. The molecule has 0 aliphatic carbocycles. The van der Waals surface area contributed by atoms with Crippen LogP contribution in [0.3, 0.4) is 0 Å². The number of aliphatic hydroxyl groups is 1. The number of rotatable bonds is 2. The lowest BCUT2D eigenvalue weighted by atomic mass is 9.96. The van der Waals surface area contributed by atoms with Crippen LogP contribution in [0.4, 0.5) is 0 Å². The Bertz CT molecular complexity index is 602. The highest BCUT2D eigenvalue weighted by atomic mass is 16.3. The summed E-state index contributed by atoms with van der Waals surface area (Å²) < 4.78 is 0. The zero-order chi connectivity index (χ0) is 13.6. The predicted molar refractivity (Wildman–Crippen MR) is 76.0 cm³/mol. The Hall–Kier alpha value is -1.39. The first-order chi connectivity index (χ1) is 8.98. The Morgan fingerprint density at radius 3 is 2.89 bits per heavy atom. The van der Waals surface area contributed by atoms with E-state index in [-0.39, 0.29) is 11.6 Å². The van der Waals surface area contributed by atoms with Crippen molar-refractivity contribution in [3.63, 3.8) is 0 Å². The van der Waals surface area contributed by atoms with Gasteiger partial charge in [0.15, 0.2) is 0 Å². The van der Waals surface area contributed by atoms with E-state index >= 15 is 0 Å². The van der Waals surface area contributed by atoms with Crippen molar-refractivity contribution in [2.75, 3.05) is 0 Å². The van der Waals surface area contributed by atoms with E-state index in [0.717, 1.165) is 35.0 Å². The van der Waals surface area contributed by atoms with Crippen LogP contribution in [-0.4, -0.2) is 26.9 Å². The number of hydrogen-bond donors (Lipinski definition) is 3. The zero-order valence-corrected chi connectivity index (χ0v) is 11.7. The Morgan fingerprint density at radius 1 is 1.42 bits per heavy atom. The average Bonchev–Trinajstić information content (AvgIpc) is 2.92. The maximum Gasteiger partial charge on any atom is 0.0950 e.